The second kappa shape index (κ2) is 7.66. The van der Waals surface area contributed by atoms with Gasteiger partial charge in [0.25, 0.3) is 0 Å². The molecule has 0 aliphatic carbocycles. The van der Waals surface area contributed by atoms with Gasteiger partial charge in [-0.25, -0.2) is 0 Å². The van der Waals surface area contributed by atoms with E-state index in [9.17, 15) is 0 Å². The van der Waals surface area contributed by atoms with Gasteiger partial charge < -0.3 is 5.32 Å². The number of piperidine rings is 1. The molecule has 0 bridgehead atoms. The predicted octanol–water partition coefficient (Wildman–Crippen LogP) is 5.86. The van der Waals surface area contributed by atoms with Gasteiger partial charge in [-0.3, -0.25) is 4.90 Å². The molecular formula is C22H46N2. The summed E-state index contributed by atoms with van der Waals surface area (Å²) in [5.74, 6) is 0.582. The van der Waals surface area contributed by atoms with Crippen molar-refractivity contribution in [2.24, 2.45) is 11.3 Å². The van der Waals surface area contributed by atoms with E-state index in [1.54, 1.807) is 0 Å². The molecule has 2 atom stereocenters. The van der Waals surface area contributed by atoms with Gasteiger partial charge in [0.15, 0.2) is 0 Å². The Balaban J connectivity index is 2.81. The molecule has 2 heteroatoms. The lowest BCUT2D eigenvalue weighted by atomic mass is 9.50. The number of likely N-dealkylation sites (tertiary alicyclic amines) is 1. The minimum Gasteiger partial charge on any atom is -0.311 e. The summed E-state index contributed by atoms with van der Waals surface area (Å²) in [5, 5.41) is 4.03. The van der Waals surface area contributed by atoms with Crippen molar-refractivity contribution in [1.29, 1.82) is 0 Å². The third kappa shape index (κ3) is 3.56. The Morgan fingerprint density at radius 2 is 1.33 bits per heavy atom. The first-order chi connectivity index (χ1) is 10.9. The zero-order valence-electron chi connectivity index (χ0n) is 18.5. The minimum atomic E-state index is 0.135. The summed E-state index contributed by atoms with van der Waals surface area (Å²) in [7, 11) is 2.31. The normalized spacial score (nSPS) is 32.0. The molecule has 24 heavy (non-hydrogen) atoms. The molecule has 0 aromatic rings. The highest BCUT2D eigenvalue weighted by atomic mass is 15.3. The van der Waals surface area contributed by atoms with E-state index in [1.807, 2.05) is 0 Å². The summed E-state index contributed by atoms with van der Waals surface area (Å²) < 4.78 is 0. The van der Waals surface area contributed by atoms with Gasteiger partial charge in [0.2, 0.25) is 0 Å². The highest BCUT2D eigenvalue weighted by Crippen LogP contribution is 2.56. The fourth-order valence-corrected chi connectivity index (χ4v) is 4.94. The van der Waals surface area contributed by atoms with Crippen LogP contribution in [0.5, 0.6) is 0 Å². The Morgan fingerprint density at radius 1 is 0.833 bits per heavy atom. The van der Waals surface area contributed by atoms with Crippen LogP contribution in [0.15, 0.2) is 0 Å². The van der Waals surface area contributed by atoms with Gasteiger partial charge in [-0.1, -0.05) is 59.8 Å². The van der Waals surface area contributed by atoms with Gasteiger partial charge >= 0.3 is 0 Å². The SMILES string of the molecule is CCCCCCCCNC1(C)C(C)C(C)(C)N(C)C(C)(C)C1(C)C. The van der Waals surface area contributed by atoms with E-state index < -0.39 is 0 Å². The van der Waals surface area contributed by atoms with Crippen molar-refractivity contribution in [2.45, 2.75) is 117 Å². The lowest BCUT2D eigenvalue weighted by molar-refractivity contribution is -0.174. The highest BCUT2D eigenvalue weighted by Gasteiger charge is 2.63. The average Bonchev–Trinajstić information content (AvgIpc) is 2.50. The second-order valence-electron chi connectivity index (χ2n) is 10.0. The molecule has 0 saturated carbocycles. The third-order valence-corrected chi connectivity index (χ3v) is 8.48. The van der Waals surface area contributed by atoms with Crippen molar-refractivity contribution >= 4 is 0 Å². The van der Waals surface area contributed by atoms with Crippen molar-refractivity contribution in [1.82, 2.24) is 10.2 Å². The van der Waals surface area contributed by atoms with E-state index in [1.165, 1.54) is 38.5 Å². The Bertz CT molecular complexity index is 397. The second-order valence-corrected chi connectivity index (χ2v) is 10.0. The molecule has 1 fully saturated rings. The summed E-state index contributed by atoms with van der Waals surface area (Å²) >= 11 is 0. The number of nitrogens with zero attached hydrogens (tertiary/aromatic N) is 1. The van der Waals surface area contributed by atoms with Crippen LogP contribution in [0.3, 0.4) is 0 Å². The van der Waals surface area contributed by atoms with Crippen LogP contribution in [0.1, 0.15) is 101 Å². The van der Waals surface area contributed by atoms with Gasteiger partial charge in [-0.2, -0.15) is 0 Å². The molecule has 2 nitrogen and oxygen atoms in total. The maximum Gasteiger partial charge on any atom is 0.0264 e. The third-order valence-electron chi connectivity index (χ3n) is 8.48. The first-order valence-electron chi connectivity index (χ1n) is 10.4. The number of unbranched alkanes of at least 4 members (excludes halogenated alkanes) is 5. The Hall–Kier alpha value is -0.0800. The Labute approximate surface area is 153 Å². The molecule has 1 aliphatic rings. The van der Waals surface area contributed by atoms with E-state index >= 15 is 0 Å². The topological polar surface area (TPSA) is 15.3 Å². The molecule has 144 valence electrons. The summed E-state index contributed by atoms with van der Waals surface area (Å²) in [6.07, 6.45) is 8.19. The van der Waals surface area contributed by atoms with E-state index in [2.05, 4.69) is 79.6 Å². The van der Waals surface area contributed by atoms with Gasteiger partial charge in [0.05, 0.1) is 0 Å². The van der Waals surface area contributed by atoms with E-state index in [-0.39, 0.29) is 22.0 Å². The van der Waals surface area contributed by atoms with Crippen LogP contribution in [0, 0.1) is 11.3 Å². The van der Waals surface area contributed by atoms with E-state index in [0.717, 1.165) is 6.54 Å². The van der Waals surface area contributed by atoms with Crippen molar-refractivity contribution in [3.8, 4) is 0 Å². The lowest BCUT2D eigenvalue weighted by Crippen LogP contribution is -2.79. The first-order valence-corrected chi connectivity index (χ1v) is 10.4. The van der Waals surface area contributed by atoms with Crippen LogP contribution in [0.4, 0.5) is 0 Å². The monoisotopic (exact) mass is 338 g/mol. The van der Waals surface area contributed by atoms with E-state index in [0.29, 0.717) is 5.92 Å². The maximum absolute atomic E-state index is 4.03. The highest BCUT2D eigenvalue weighted by molar-refractivity contribution is 5.19. The molecule has 1 N–H and O–H groups in total. The van der Waals surface area contributed by atoms with Gasteiger partial charge in [-0.15, -0.1) is 0 Å². The zero-order chi connectivity index (χ0) is 18.8. The molecule has 0 aromatic carbocycles. The van der Waals surface area contributed by atoms with Gasteiger partial charge in [-0.05, 0) is 60.5 Å². The summed E-state index contributed by atoms with van der Waals surface area (Å²) in [4.78, 5) is 2.61. The summed E-state index contributed by atoms with van der Waals surface area (Å²) in [6.45, 7) is 23.0. The van der Waals surface area contributed by atoms with Crippen molar-refractivity contribution in [3.63, 3.8) is 0 Å². The first kappa shape index (κ1) is 22.0. The van der Waals surface area contributed by atoms with Crippen molar-refractivity contribution in [2.75, 3.05) is 13.6 Å². The molecule has 0 aromatic heterocycles. The lowest BCUT2D eigenvalue weighted by Gasteiger charge is -2.70. The van der Waals surface area contributed by atoms with Gasteiger partial charge in [0, 0.05) is 22.0 Å². The number of hydrogen-bond donors (Lipinski definition) is 1. The molecular weight excluding hydrogens is 292 g/mol. The average molecular weight is 339 g/mol. The van der Waals surface area contributed by atoms with Crippen LogP contribution < -0.4 is 5.32 Å². The summed E-state index contributed by atoms with van der Waals surface area (Å²) in [6, 6.07) is 0. The molecule has 2 unspecified atom stereocenters. The van der Waals surface area contributed by atoms with Crippen molar-refractivity contribution in [3.05, 3.63) is 0 Å². The van der Waals surface area contributed by atoms with E-state index in [4.69, 9.17) is 0 Å². The van der Waals surface area contributed by atoms with Crippen LogP contribution in [-0.4, -0.2) is 35.1 Å². The number of nitrogens with one attached hydrogen (secondary N) is 1. The van der Waals surface area contributed by atoms with Gasteiger partial charge in [0.1, 0.15) is 0 Å². The number of rotatable bonds is 8. The number of hydrogen-bond acceptors (Lipinski definition) is 2. The van der Waals surface area contributed by atoms with Crippen LogP contribution in [0.25, 0.3) is 0 Å². The Kier molecular flexibility index (Phi) is 7.01. The fourth-order valence-electron chi connectivity index (χ4n) is 4.94. The standard InChI is InChI=1S/C22H46N2/c1-11-12-13-14-15-16-17-23-22(9)18(2)19(3,4)24(10)21(7,8)20(22,5)6/h18,23H,11-17H2,1-10H3. The van der Waals surface area contributed by atoms with Crippen LogP contribution >= 0.6 is 0 Å². The molecule has 1 saturated heterocycles. The van der Waals surface area contributed by atoms with Crippen LogP contribution in [0.2, 0.25) is 0 Å². The zero-order valence-corrected chi connectivity index (χ0v) is 18.5. The molecule has 0 radical (unpaired) electrons. The molecule has 0 spiro atoms. The molecule has 0 amide bonds. The molecule has 1 aliphatic heterocycles. The quantitative estimate of drug-likeness (QED) is 0.558. The predicted molar refractivity (Wildman–Crippen MR) is 109 cm³/mol. The van der Waals surface area contributed by atoms with Crippen LogP contribution in [-0.2, 0) is 0 Å². The fraction of sp³-hybridized carbons (Fsp3) is 1.00. The van der Waals surface area contributed by atoms with Crippen molar-refractivity contribution < 1.29 is 0 Å². The largest absolute Gasteiger partial charge is 0.311 e. The summed E-state index contributed by atoms with van der Waals surface area (Å²) in [5.41, 5.74) is 0.648. The molecule has 1 heterocycles. The minimum absolute atomic E-state index is 0.135. The smallest absolute Gasteiger partial charge is 0.0264 e. The maximum atomic E-state index is 4.03. The Morgan fingerprint density at radius 3 is 1.88 bits per heavy atom. The molecule has 1 rings (SSSR count).